The molecular formula is C8H14F3NO2. The van der Waals surface area contributed by atoms with Gasteiger partial charge in [-0.2, -0.15) is 13.2 Å². The minimum Gasteiger partial charge on any atom is -0.394 e. The molecule has 0 aromatic rings. The van der Waals surface area contributed by atoms with Crippen LogP contribution in [0.5, 0.6) is 0 Å². The Balaban J connectivity index is 2.28. The normalized spacial score (nSPS) is 28.3. The van der Waals surface area contributed by atoms with Gasteiger partial charge in [0.15, 0.2) is 0 Å². The number of rotatable bonds is 4. The van der Waals surface area contributed by atoms with Crippen molar-refractivity contribution in [3.05, 3.63) is 0 Å². The van der Waals surface area contributed by atoms with E-state index in [1.807, 2.05) is 0 Å². The van der Waals surface area contributed by atoms with Gasteiger partial charge in [0.05, 0.1) is 18.8 Å². The Hall–Kier alpha value is -0.330. The lowest BCUT2D eigenvalue weighted by Crippen LogP contribution is -2.48. The van der Waals surface area contributed by atoms with Crippen molar-refractivity contribution in [3.8, 4) is 0 Å². The maximum atomic E-state index is 11.8. The number of halogens is 3. The first-order valence-electron chi connectivity index (χ1n) is 4.48. The van der Waals surface area contributed by atoms with Gasteiger partial charge in [0.1, 0.15) is 6.61 Å². The smallest absolute Gasteiger partial charge is 0.394 e. The number of hydrogen-bond acceptors (Lipinski definition) is 3. The molecule has 1 fully saturated rings. The van der Waals surface area contributed by atoms with Gasteiger partial charge in [-0.15, -0.1) is 0 Å². The zero-order valence-corrected chi connectivity index (χ0v) is 7.73. The van der Waals surface area contributed by atoms with E-state index in [-0.39, 0.29) is 13.2 Å². The van der Waals surface area contributed by atoms with E-state index in [2.05, 4.69) is 10.1 Å². The van der Waals surface area contributed by atoms with Crippen molar-refractivity contribution in [1.29, 1.82) is 0 Å². The Kier molecular flexibility index (Phi) is 3.74. The zero-order chi connectivity index (χ0) is 10.7. The van der Waals surface area contributed by atoms with Crippen LogP contribution in [-0.4, -0.2) is 43.2 Å². The average molecular weight is 213 g/mol. The van der Waals surface area contributed by atoms with Gasteiger partial charge in [0.25, 0.3) is 0 Å². The fraction of sp³-hybridized carbons (Fsp3) is 1.00. The molecule has 1 unspecified atom stereocenters. The van der Waals surface area contributed by atoms with Gasteiger partial charge in [-0.05, 0) is 19.4 Å². The minimum absolute atomic E-state index is 0.0942. The van der Waals surface area contributed by atoms with Crippen LogP contribution >= 0.6 is 0 Å². The van der Waals surface area contributed by atoms with Gasteiger partial charge in [-0.3, -0.25) is 0 Å². The highest BCUT2D eigenvalue weighted by atomic mass is 19.4. The lowest BCUT2D eigenvalue weighted by atomic mass is 10.0. The van der Waals surface area contributed by atoms with Gasteiger partial charge in [-0.1, -0.05) is 0 Å². The molecule has 84 valence electrons. The Morgan fingerprint density at radius 1 is 1.43 bits per heavy atom. The first-order chi connectivity index (χ1) is 6.47. The van der Waals surface area contributed by atoms with Crippen molar-refractivity contribution in [2.75, 3.05) is 26.4 Å². The second kappa shape index (κ2) is 4.46. The molecule has 2 N–H and O–H groups in total. The van der Waals surface area contributed by atoms with Gasteiger partial charge < -0.3 is 15.2 Å². The summed E-state index contributed by atoms with van der Waals surface area (Å²) in [7, 11) is 0. The lowest BCUT2D eigenvalue weighted by molar-refractivity contribution is -0.178. The van der Waals surface area contributed by atoms with Gasteiger partial charge in [0, 0.05) is 0 Å². The molecule has 1 rings (SSSR count). The first kappa shape index (κ1) is 11.7. The lowest BCUT2D eigenvalue weighted by Gasteiger charge is -2.26. The van der Waals surface area contributed by atoms with E-state index in [0.29, 0.717) is 6.42 Å². The third kappa shape index (κ3) is 3.43. The average Bonchev–Trinajstić information content (AvgIpc) is 2.52. The molecule has 3 nitrogen and oxygen atoms in total. The third-order valence-electron chi connectivity index (χ3n) is 2.28. The van der Waals surface area contributed by atoms with Gasteiger partial charge in [-0.25, -0.2) is 0 Å². The molecule has 1 aliphatic heterocycles. The van der Waals surface area contributed by atoms with E-state index in [1.54, 1.807) is 0 Å². The molecule has 1 saturated heterocycles. The molecule has 14 heavy (non-hydrogen) atoms. The van der Waals surface area contributed by atoms with E-state index in [9.17, 15) is 13.2 Å². The molecular weight excluding hydrogens is 199 g/mol. The molecule has 0 radical (unpaired) electrons. The number of nitrogens with one attached hydrogen (secondary N) is 1. The van der Waals surface area contributed by atoms with E-state index in [4.69, 9.17) is 5.11 Å². The highest BCUT2D eigenvalue weighted by Gasteiger charge is 2.35. The van der Waals surface area contributed by atoms with Crippen LogP contribution in [0.1, 0.15) is 12.8 Å². The summed E-state index contributed by atoms with van der Waals surface area (Å²) in [4.78, 5) is 0. The van der Waals surface area contributed by atoms with E-state index >= 15 is 0 Å². The van der Waals surface area contributed by atoms with E-state index < -0.39 is 18.3 Å². The number of ether oxygens (including phenoxy) is 1. The van der Waals surface area contributed by atoms with Crippen LogP contribution < -0.4 is 5.32 Å². The summed E-state index contributed by atoms with van der Waals surface area (Å²) in [6, 6.07) is 0. The zero-order valence-electron chi connectivity index (χ0n) is 7.73. The third-order valence-corrected chi connectivity index (χ3v) is 2.28. The molecule has 6 heteroatoms. The predicted octanol–water partition coefficient (Wildman–Crippen LogP) is 0.680. The maximum Gasteiger partial charge on any atom is 0.411 e. The summed E-state index contributed by atoms with van der Waals surface area (Å²) >= 11 is 0. The summed E-state index contributed by atoms with van der Waals surface area (Å²) in [6.45, 7) is -0.819. The highest BCUT2D eigenvalue weighted by molar-refractivity contribution is 4.92. The predicted molar refractivity (Wildman–Crippen MR) is 43.9 cm³/mol. The second-order valence-corrected chi connectivity index (χ2v) is 3.58. The SMILES string of the molecule is OCC1(COCC(F)(F)F)CCCN1. The standard InChI is InChI=1S/C8H14F3NO2/c9-8(10,11)6-14-5-7(4-13)2-1-3-12-7/h12-13H,1-6H2. The Labute approximate surface area is 80.2 Å². The quantitative estimate of drug-likeness (QED) is 0.721. The fourth-order valence-corrected chi connectivity index (χ4v) is 1.53. The number of alkyl halides is 3. The van der Waals surface area contributed by atoms with Gasteiger partial charge >= 0.3 is 6.18 Å². The molecule has 0 bridgehead atoms. The second-order valence-electron chi connectivity index (χ2n) is 3.58. The van der Waals surface area contributed by atoms with Crippen LogP contribution in [0.3, 0.4) is 0 Å². The minimum atomic E-state index is -4.30. The largest absolute Gasteiger partial charge is 0.411 e. The topological polar surface area (TPSA) is 41.5 Å². The highest BCUT2D eigenvalue weighted by Crippen LogP contribution is 2.21. The van der Waals surface area contributed by atoms with Crippen LogP contribution in [0.4, 0.5) is 13.2 Å². The number of hydrogen-bond donors (Lipinski definition) is 2. The van der Waals surface area contributed by atoms with Crippen LogP contribution in [0.2, 0.25) is 0 Å². The van der Waals surface area contributed by atoms with Crippen molar-refractivity contribution in [2.45, 2.75) is 24.6 Å². The molecule has 0 aliphatic carbocycles. The van der Waals surface area contributed by atoms with Crippen LogP contribution in [0, 0.1) is 0 Å². The number of aliphatic hydroxyl groups excluding tert-OH is 1. The van der Waals surface area contributed by atoms with Crippen molar-refractivity contribution in [1.82, 2.24) is 5.32 Å². The van der Waals surface area contributed by atoms with Crippen molar-refractivity contribution < 1.29 is 23.0 Å². The molecule has 1 heterocycles. The van der Waals surface area contributed by atoms with Crippen molar-refractivity contribution in [2.24, 2.45) is 0 Å². The first-order valence-corrected chi connectivity index (χ1v) is 4.48. The van der Waals surface area contributed by atoms with Crippen LogP contribution in [-0.2, 0) is 4.74 Å². The van der Waals surface area contributed by atoms with Crippen LogP contribution in [0.15, 0.2) is 0 Å². The monoisotopic (exact) mass is 213 g/mol. The summed E-state index contributed by atoms with van der Waals surface area (Å²) < 4.78 is 39.8. The molecule has 0 aromatic heterocycles. The summed E-state index contributed by atoms with van der Waals surface area (Å²) in [5, 5.41) is 12.0. The maximum absolute atomic E-state index is 11.8. The Morgan fingerprint density at radius 2 is 2.14 bits per heavy atom. The molecule has 0 saturated carbocycles. The summed E-state index contributed by atoms with van der Waals surface area (Å²) in [6.07, 6.45) is -2.79. The summed E-state index contributed by atoms with van der Waals surface area (Å²) in [5.74, 6) is 0. The summed E-state index contributed by atoms with van der Waals surface area (Å²) in [5.41, 5.74) is -0.661. The molecule has 1 atom stereocenters. The van der Waals surface area contributed by atoms with Gasteiger partial charge in [0.2, 0.25) is 0 Å². The molecule has 0 spiro atoms. The molecule has 1 aliphatic rings. The van der Waals surface area contributed by atoms with Crippen molar-refractivity contribution >= 4 is 0 Å². The molecule has 0 amide bonds. The van der Waals surface area contributed by atoms with E-state index in [1.165, 1.54) is 0 Å². The Morgan fingerprint density at radius 3 is 2.57 bits per heavy atom. The number of aliphatic hydroxyl groups is 1. The van der Waals surface area contributed by atoms with E-state index in [0.717, 1.165) is 13.0 Å². The van der Waals surface area contributed by atoms with Crippen LogP contribution in [0.25, 0.3) is 0 Å². The molecule has 0 aromatic carbocycles. The Bertz CT molecular complexity index is 178. The van der Waals surface area contributed by atoms with Crippen molar-refractivity contribution in [3.63, 3.8) is 0 Å². The fourth-order valence-electron chi connectivity index (χ4n) is 1.53.